The molecule has 0 aliphatic rings. The lowest BCUT2D eigenvalue weighted by molar-refractivity contribution is 0.676. The molecule has 0 aromatic heterocycles. The van der Waals surface area contributed by atoms with Crippen LogP contribution in [-0.2, 0) is 16.6 Å². The molecule has 2 aromatic rings. The first-order chi connectivity index (χ1) is 12.1. The van der Waals surface area contributed by atoms with Gasteiger partial charge in [0.25, 0.3) is 0 Å². The lowest BCUT2D eigenvalue weighted by Gasteiger charge is -2.18. The van der Waals surface area contributed by atoms with Crippen molar-refractivity contribution < 1.29 is 4.21 Å². The van der Waals surface area contributed by atoms with Crippen molar-refractivity contribution >= 4 is 28.4 Å². The van der Waals surface area contributed by atoms with Crippen LogP contribution < -0.4 is 10.6 Å². The van der Waals surface area contributed by atoms with Crippen LogP contribution >= 0.6 is 11.6 Å². The molecule has 0 saturated carbocycles. The third-order valence-electron chi connectivity index (χ3n) is 3.72. The molecule has 0 radical (unpaired) electrons. The Bertz CT molecular complexity index is 722. The van der Waals surface area contributed by atoms with Crippen LogP contribution in [0.4, 0.5) is 0 Å². The summed E-state index contributed by atoms with van der Waals surface area (Å²) in [6, 6.07) is 17.7. The van der Waals surface area contributed by atoms with Crippen LogP contribution in [0.25, 0.3) is 0 Å². The largest absolute Gasteiger partial charge is 0.355 e. The summed E-state index contributed by atoms with van der Waals surface area (Å²) in [5, 5.41) is 7.24. The monoisotopic (exact) mass is 377 g/mol. The highest BCUT2D eigenvalue weighted by Gasteiger charge is 2.08. The van der Waals surface area contributed by atoms with Gasteiger partial charge in [-0.2, -0.15) is 0 Å². The molecule has 25 heavy (non-hydrogen) atoms. The highest BCUT2D eigenvalue weighted by molar-refractivity contribution is 7.84. The smallest absolute Gasteiger partial charge is 0.191 e. The van der Waals surface area contributed by atoms with E-state index in [-0.39, 0.29) is 6.04 Å². The van der Waals surface area contributed by atoms with Crippen molar-refractivity contribution in [2.24, 2.45) is 4.99 Å². The average Bonchev–Trinajstić information content (AvgIpc) is 2.61. The van der Waals surface area contributed by atoms with Crippen molar-refractivity contribution in [1.29, 1.82) is 0 Å². The molecule has 6 heteroatoms. The molecule has 0 fully saturated rings. The van der Waals surface area contributed by atoms with Crippen LogP contribution in [0.1, 0.15) is 24.1 Å². The van der Waals surface area contributed by atoms with Gasteiger partial charge in [0.1, 0.15) is 0 Å². The molecule has 134 valence electrons. The first-order valence-electron chi connectivity index (χ1n) is 8.20. The number of rotatable bonds is 7. The van der Waals surface area contributed by atoms with Crippen LogP contribution in [0, 0.1) is 0 Å². The Morgan fingerprint density at radius 2 is 1.96 bits per heavy atom. The van der Waals surface area contributed by atoms with Gasteiger partial charge in [-0.3, -0.25) is 9.20 Å². The first-order valence-corrected chi connectivity index (χ1v) is 10.1. The molecule has 0 aliphatic carbocycles. The van der Waals surface area contributed by atoms with Crippen molar-refractivity contribution in [2.75, 3.05) is 19.3 Å². The van der Waals surface area contributed by atoms with Gasteiger partial charge in [0.2, 0.25) is 0 Å². The number of guanidine groups is 1. The van der Waals surface area contributed by atoms with Gasteiger partial charge in [-0.15, -0.1) is 0 Å². The van der Waals surface area contributed by atoms with Gasteiger partial charge in [0, 0.05) is 40.9 Å². The predicted octanol–water partition coefficient (Wildman–Crippen LogP) is 3.51. The molecule has 2 aromatic carbocycles. The van der Waals surface area contributed by atoms with E-state index in [0.29, 0.717) is 29.0 Å². The van der Waals surface area contributed by atoms with Crippen LogP contribution in [-0.4, -0.2) is 29.5 Å². The Hall–Kier alpha value is -1.85. The second-order valence-electron chi connectivity index (χ2n) is 5.69. The van der Waals surface area contributed by atoms with Gasteiger partial charge in [-0.05, 0) is 30.2 Å². The van der Waals surface area contributed by atoms with Crippen LogP contribution in [0.3, 0.4) is 0 Å². The SMILES string of the molecule is CN=C(NCCS(=O)Cc1ccccc1)NC(C)c1cccc(Cl)c1. The van der Waals surface area contributed by atoms with Crippen molar-refractivity contribution in [3.63, 3.8) is 0 Å². The molecule has 2 N–H and O–H groups in total. The van der Waals surface area contributed by atoms with Gasteiger partial charge < -0.3 is 10.6 Å². The molecule has 2 unspecified atom stereocenters. The minimum Gasteiger partial charge on any atom is -0.355 e. The van der Waals surface area contributed by atoms with E-state index in [1.807, 2.05) is 61.5 Å². The summed E-state index contributed by atoms with van der Waals surface area (Å²) < 4.78 is 12.2. The highest BCUT2D eigenvalue weighted by Crippen LogP contribution is 2.17. The van der Waals surface area contributed by atoms with Crippen molar-refractivity contribution in [3.8, 4) is 0 Å². The molecule has 0 aliphatic heterocycles. The number of hydrogen-bond acceptors (Lipinski definition) is 2. The number of halogens is 1. The normalized spacial score (nSPS) is 14.0. The summed E-state index contributed by atoms with van der Waals surface area (Å²) in [5.74, 6) is 1.83. The van der Waals surface area contributed by atoms with Crippen molar-refractivity contribution in [3.05, 3.63) is 70.7 Å². The summed E-state index contributed by atoms with van der Waals surface area (Å²) in [7, 11) is 0.819. The van der Waals surface area contributed by atoms with E-state index < -0.39 is 10.8 Å². The predicted molar refractivity (Wildman–Crippen MR) is 108 cm³/mol. The maximum atomic E-state index is 12.2. The zero-order valence-corrected chi connectivity index (χ0v) is 16.1. The van der Waals surface area contributed by atoms with Crippen LogP contribution in [0.15, 0.2) is 59.6 Å². The standard InChI is InChI=1S/C19H24ClN3OS/c1-15(17-9-6-10-18(20)13-17)23-19(21-2)22-11-12-25(24)14-16-7-4-3-5-8-16/h3-10,13,15H,11-12,14H2,1-2H3,(H2,21,22,23). The van der Waals surface area contributed by atoms with E-state index in [0.717, 1.165) is 11.1 Å². The van der Waals surface area contributed by atoms with Crippen LogP contribution in [0.2, 0.25) is 5.02 Å². The fourth-order valence-corrected chi connectivity index (χ4v) is 3.61. The fraction of sp³-hybridized carbons (Fsp3) is 0.316. The van der Waals surface area contributed by atoms with Crippen molar-refractivity contribution in [2.45, 2.75) is 18.7 Å². The minimum atomic E-state index is -0.904. The molecule has 4 nitrogen and oxygen atoms in total. The number of nitrogens with zero attached hydrogens (tertiary/aromatic N) is 1. The van der Waals surface area contributed by atoms with E-state index in [4.69, 9.17) is 11.6 Å². The topological polar surface area (TPSA) is 53.5 Å². The molecular formula is C19H24ClN3OS. The number of benzene rings is 2. The minimum absolute atomic E-state index is 0.0692. The first kappa shape index (κ1) is 19.5. The molecule has 0 heterocycles. The van der Waals surface area contributed by atoms with E-state index in [9.17, 15) is 4.21 Å². The number of hydrogen-bond donors (Lipinski definition) is 2. The fourth-order valence-electron chi connectivity index (χ4n) is 2.37. The Balaban J connectivity index is 1.77. The maximum absolute atomic E-state index is 12.2. The van der Waals surface area contributed by atoms with Gasteiger partial charge in [-0.1, -0.05) is 54.1 Å². The molecule has 2 rings (SSSR count). The Labute approximate surface area is 157 Å². The number of nitrogens with one attached hydrogen (secondary N) is 2. The lowest BCUT2D eigenvalue weighted by Crippen LogP contribution is -2.40. The molecule has 2 atom stereocenters. The molecular weight excluding hydrogens is 354 g/mol. The summed E-state index contributed by atoms with van der Waals surface area (Å²) in [5.41, 5.74) is 2.18. The molecule has 0 saturated heterocycles. The quantitative estimate of drug-likeness (QED) is 0.573. The summed E-state index contributed by atoms with van der Waals surface area (Å²) in [4.78, 5) is 4.22. The summed E-state index contributed by atoms with van der Waals surface area (Å²) >= 11 is 6.04. The Morgan fingerprint density at radius 1 is 1.20 bits per heavy atom. The number of aliphatic imine (C=N–C) groups is 1. The van der Waals surface area contributed by atoms with Gasteiger partial charge in [-0.25, -0.2) is 0 Å². The summed E-state index contributed by atoms with van der Waals surface area (Å²) in [6.07, 6.45) is 0. The van der Waals surface area contributed by atoms with E-state index in [1.54, 1.807) is 7.05 Å². The van der Waals surface area contributed by atoms with Gasteiger partial charge >= 0.3 is 0 Å². The van der Waals surface area contributed by atoms with E-state index in [1.165, 1.54) is 0 Å². The highest BCUT2D eigenvalue weighted by atomic mass is 35.5. The Kier molecular flexibility index (Phi) is 7.95. The maximum Gasteiger partial charge on any atom is 0.191 e. The van der Waals surface area contributed by atoms with Gasteiger partial charge in [0.05, 0.1) is 6.04 Å². The molecule has 0 bridgehead atoms. The third kappa shape index (κ3) is 6.88. The zero-order valence-electron chi connectivity index (χ0n) is 14.5. The third-order valence-corrected chi connectivity index (χ3v) is 5.27. The van der Waals surface area contributed by atoms with E-state index >= 15 is 0 Å². The summed E-state index contributed by atoms with van der Waals surface area (Å²) in [6.45, 7) is 2.65. The van der Waals surface area contributed by atoms with Gasteiger partial charge in [0.15, 0.2) is 5.96 Å². The van der Waals surface area contributed by atoms with Crippen LogP contribution in [0.5, 0.6) is 0 Å². The lowest BCUT2D eigenvalue weighted by atomic mass is 10.1. The Morgan fingerprint density at radius 3 is 2.64 bits per heavy atom. The second kappa shape index (κ2) is 10.2. The van der Waals surface area contributed by atoms with Crippen molar-refractivity contribution in [1.82, 2.24) is 10.6 Å². The molecule has 0 spiro atoms. The van der Waals surface area contributed by atoms with E-state index in [2.05, 4.69) is 15.6 Å². The average molecular weight is 378 g/mol. The zero-order chi connectivity index (χ0) is 18.1. The molecule has 0 amide bonds. The second-order valence-corrected chi connectivity index (χ2v) is 7.71.